The average molecular weight is 521 g/mol. The fourth-order valence-corrected chi connectivity index (χ4v) is 4.54. The molecule has 0 spiro atoms. The van der Waals surface area contributed by atoms with E-state index in [9.17, 15) is 14.9 Å². The predicted octanol–water partition coefficient (Wildman–Crippen LogP) is 3.97. The molecule has 2 heterocycles. The minimum atomic E-state index is -0.704. The number of likely N-dealkylation sites (tertiary alicyclic amines) is 1. The van der Waals surface area contributed by atoms with Crippen molar-refractivity contribution in [1.82, 2.24) is 15.5 Å². The summed E-state index contributed by atoms with van der Waals surface area (Å²) in [6.07, 6.45) is 4.61. The molecule has 0 aliphatic carbocycles. The quantitative estimate of drug-likeness (QED) is 0.187. The highest BCUT2D eigenvalue weighted by molar-refractivity contribution is 6.30. The zero-order valence-corrected chi connectivity index (χ0v) is 21.3. The topological polar surface area (TPSA) is 123 Å². The largest absolute Gasteiger partial charge is 0.461 e. The lowest BCUT2D eigenvalue weighted by Crippen LogP contribution is -2.44. The molecule has 2 amide bonds. The molecule has 1 aromatic heterocycles. The first-order valence-corrected chi connectivity index (χ1v) is 12.6. The Bertz CT molecular complexity index is 1350. The minimum Gasteiger partial charge on any atom is -0.461 e. The van der Waals surface area contributed by atoms with Gasteiger partial charge in [0.15, 0.2) is 6.19 Å². The van der Waals surface area contributed by atoms with Gasteiger partial charge >= 0.3 is 0 Å². The number of guanidine groups is 1. The van der Waals surface area contributed by atoms with Gasteiger partial charge in [-0.2, -0.15) is 5.26 Å². The Hall–Kier alpha value is -4.03. The molecule has 0 saturated carbocycles. The summed E-state index contributed by atoms with van der Waals surface area (Å²) in [5.74, 6) is 0.515. The van der Waals surface area contributed by atoms with Crippen molar-refractivity contribution < 1.29 is 14.0 Å². The number of hydrogen-bond acceptors (Lipinski definition) is 5. The Labute approximate surface area is 220 Å². The van der Waals surface area contributed by atoms with Gasteiger partial charge < -0.3 is 20.0 Å². The highest BCUT2D eigenvalue weighted by Gasteiger charge is 2.28. The van der Waals surface area contributed by atoms with E-state index in [4.69, 9.17) is 16.0 Å². The first-order valence-electron chi connectivity index (χ1n) is 12.2. The monoisotopic (exact) mass is 520 g/mol. The van der Waals surface area contributed by atoms with Crippen LogP contribution in [0, 0.1) is 18.4 Å². The molecule has 0 bridgehead atoms. The van der Waals surface area contributed by atoms with Gasteiger partial charge in [0, 0.05) is 29.2 Å². The number of aryl methyl sites for hydroxylation is 1. The third kappa shape index (κ3) is 7.24. The molecule has 1 aliphatic heterocycles. The summed E-state index contributed by atoms with van der Waals surface area (Å²) in [6, 6.07) is 14.2. The minimum absolute atomic E-state index is 0.0364. The van der Waals surface area contributed by atoms with Crippen molar-refractivity contribution in [3.8, 4) is 6.19 Å². The summed E-state index contributed by atoms with van der Waals surface area (Å²) < 4.78 is 5.61. The number of fused-ring (bicyclic) bond motifs is 1. The number of carbonyl (C=O) groups excluding carboxylic acids is 2. The number of hydrogen-bond donors (Lipinski definition) is 3. The summed E-state index contributed by atoms with van der Waals surface area (Å²) in [4.78, 5) is 31.9. The number of benzene rings is 2. The highest BCUT2D eigenvalue weighted by atomic mass is 35.5. The molecule has 192 valence electrons. The van der Waals surface area contributed by atoms with Crippen LogP contribution in [0.4, 0.5) is 5.69 Å². The van der Waals surface area contributed by atoms with Gasteiger partial charge in [-0.05, 0) is 74.6 Å². The van der Waals surface area contributed by atoms with E-state index >= 15 is 0 Å². The Morgan fingerprint density at radius 2 is 2.11 bits per heavy atom. The SMILES string of the molecule is Cc1cc2cc(NC(=N[C@H]3CCCCN(CC(=O)NCCc4cccc(Cl)c4)C3=O)NC#N)ccc2o1. The molecule has 1 fully saturated rings. The van der Waals surface area contributed by atoms with Crippen LogP contribution in [-0.4, -0.2) is 48.3 Å². The van der Waals surface area contributed by atoms with Crippen LogP contribution < -0.4 is 16.0 Å². The fourth-order valence-electron chi connectivity index (χ4n) is 4.32. The highest BCUT2D eigenvalue weighted by Crippen LogP contribution is 2.23. The number of nitrogens with one attached hydrogen (secondary N) is 3. The summed E-state index contributed by atoms with van der Waals surface area (Å²) in [5, 5.41) is 19.3. The van der Waals surface area contributed by atoms with E-state index in [2.05, 4.69) is 20.9 Å². The van der Waals surface area contributed by atoms with Gasteiger partial charge in [-0.3, -0.25) is 14.9 Å². The molecule has 3 N–H and O–H groups in total. The zero-order valence-electron chi connectivity index (χ0n) is 20.6. The maximum atomic E-state index is 13.3. The van der Waals surface area contributed by atoms with Crippen LogP contribution in [0.1, 0.15) is 30.6 Å². The number of amides is 2. The van der Waals surface area contributed by atoms with Crippen LogP contribution in [0.5, 0.6) is 0 Å². The number of aliphatic imine (C=N–C) groups is 1. The number of anilines is 1. The van der Waals surface area contributed by atoms with Crippen LogP contribution in [-0.2, 0) is 16.0 Å². The van der Waals surface area contributed by atoms with Crippen molar-refractivity contribution in [3.05, 3.63) is 64.9 Å². The van der Waals surface area contributed by atoms with Gasteiger partial charge in [0.2, 0.25) is 17.8 Å². The van der Waals surface area contributed by atoms with Gasteiger partial charge in [0.25, 0.3) is 0 Å². The van der Waals surface area contributed by atoms with Gasteiger partial charge in [0.05, 0.1) is 6.54 Å². The molecule has 4 rings (SSSR count). The number of furan rings is 1. The lowest BCUT2D eigenvalue weighted by molar-refractivity contribution is -0.136. The van der Waals surface area contributed by atoms with E-state index in [1.807, 2.05) is 55.6 Å². The maximum absolute atomic E-state index is 13.3. The molecule has 0 unspecified atom stereocenters. The fraction of sp³-hybridized carbons (Fsp3) is 0.333. The Morgan fingerprint density at radius 1 is 1.24 bits per heavy atom. The summed E-state index contributed by atoms with van der Waals surface area (Å²) >= 11 is 6.01. The Balaban J connectivity index is 1.38. The first-order chi connectivity index (χ1) is 17.9. The Morgan fingerprint density at radius 3 is 2.92 bits per heavy atom. The lowest BCUT2D eigenvalue weighted by atomic mass is 10.1. The smallest absolute Gasteiger partial charge is 0.247 e. The van der Waals surface area contributed by atoms with Crippen molar-refractivity contribution in [2.45, 2.75) is 38.6 Å². The summed E-state index contributed by atoms with van der Waals surface area (Å²) in [5.41, 5.74) is 2.49. The molecule has 1 atom stereocenters. The third-order valence-electron chi connectivity index (χ3n) is 6.07. The van der Waals surface area contributed by atoms with Crippen molar-refractivity contribution in [1.29, 1.82) is 5.26 Å². The first kappa shape index (κ1) is 26.0. The molecular formula is C27H29ClN6O3. The van der Waals surface area contributed by atoms with Crippen LogP contribution in [0.15, 0.2) is 57.9 Å². The number of nitrogens with zero attached hydrogens (tertiary/aromatic N) is 3. The Kier molecular flexibility index (Phi) is 8.64. The molecular weight excluding hydrogens is 492 g/mol. The molecule has 9 nitrogen and oxygen atoms in total. The van der Waals surface area contributed by atoms with Crippen molar-refractivity contribution in [2.75, 3.05) is 25.0 Å². The van der Waals surface area contributed by atoms with Gasteiger partial charge in [-0.25, -0.2) is 4.99 Å². The zero-order chi connectivity index (χ0) is 26.2. The normalized spacial score (nSPS) is 16.2. The number of nitriles is 1. The van der Waals surface area contributed by atoms with Gasteiger partial charge in [-0.15, -0.1) is 0 Å². The number of carbonyl (C=O) groups is 2. The average Bonchev–Trinajstić information content (AvgIpc) is 3.15. The number of halogens is 1. The van der Waals surface area contributed by atoms with Crippen LogP contribution in [0.25, 0.3) is 11.0 Å². The summed E-state index contributed by atoms with van der Waals surface area (Å²) in [6.45, 7) is 2.77. The molecule has 1 aliphatic rings. The maximum Gasteiger partial charge on any atom is 0.247 e. The number of rotatable bonds is 7. The van der Waals surface area contributed by atoms with E-state index in [0.29, 0.717) is 36.6 Å². The second-order valence-electron chi connectivity index (χ2n) is 8.95. The van der Waals surface area contributed by atoms with E-state index in [1.165, 1.54) is 0 Å². The van der Waals surface area contributed by atoms with E-state index in [1.54, 1.807) is 11.0 Å². The van der Waals surface area contributed by atoms with E-state index in [0.717, 1.165) is 35.1 Å². The van der Waals surface area contributed by atoms with E-state index in [-0.39, 0.29) is 24.3 Å². The van der Waals surface area contributed by atoms with Crippen LogP contribution in [0.2, 0.25) is 5.02 Å². The molecule has 1 saturated heterocycles. The van der Waals surface area contributed by atoms with Crippen LogP contribution >= 0.6 is 11.6 Å². The summed E-state index contributed by atoms with van der Waals surface area (Å²) in [7, 11) is 0. The standard InChI is InChI=1S/C27H29ClN6O3/c1-18-13-20-15-22(8-9-24(20)37-18)32-27(31-17-29)33-23-7-2-3-12-34(26(23)36)16-25(35)30-11-10-19-5-4-6-21(28)14-19/h4-6,8-9,13-15,23H,2-3,7,10-12,16H2,1H3,(H,30,35)(H2,31,32,33)/t23-/m0/s1. The third-order valence-corrected chi connectivity index (χ3v) is 6.31. The molecule has 37 heavy (non-hydrogen) atoms. The van der Waals surface area contributed by atoms with Crippen LogP contribution in [0.3, 0.4) is 0 Å². The van der Waals surface area contributed by atoms with Gasteiger partial charge in [-0.1, -0.05) is 23.7 Å². The second-order valence-corrected chi connectivity index (χ2v) is 9.39. The molecule has 0 radical (unpaired) electrons. The van der Waals surface area contributed by atoms with E-state index < -0.39 is 6.04 Å². The second kappa shape index (κ2) is 12.3. The molecule has 10 heteroatoms. The van der Waals surface area contributed by atoms with Crippen molar-refractivity contribution in [3.63, 3.8) is 0 Å². The predicted molar refractivity (Wildman–Crippen MR) is 143 cm³/mol. The van der Waals surface area contributed by atoms with Crippen molar-refractivity contribution >= 4 is 46.0 Å². The van der Waals surface area contributed by atoms with Gasteiger partial charge in [0.1, 0.15) is 17.4 Å². The molecule has 3 aromatic rings. The lowest BCUT2D eigenvalue weighted by Gasteiger charge is -2.22. The molecule has 2 aromatic carbocycles. The van der Waals surface area contributed by atoms with Crippen molar-refractivity contribution in [2.24, 2.45) is 4.99 Å².